The molecule has 190 valence electrons. The molecule has 0 aliphatic heterocycles. The number of pyridine rings is 1. The fourth-order valence-electron chi connectivity index (χ4n) is 4.20. The third kappa shape index (κ3) is 7.17. The van der Waals surface area contributed by atoms with Crippen molar-refractivity contribution in [2.75, 3.05) is 12.3 Å². The maximum absolute atomic E-state index is 13.0. The summed E-state index contributed by atoms with van der Waals surface area (Å²) in [6.45, 7) is 6.01. The van der Waals surface area contributed by atoms with Crippen LogP contribution in [0.15, 0.2) is 24.8 Å². The number of nitrogens with two attached hydrogens (primary N) is 1. The van der Waals surface area contributed by atoms with E-state index in [0.717, 1.165) is 32.1 Å². The summed E-state index contributed by atoms with van der Waals surface area (Å²) in [6.07, 6.45) is 10.3. The van der Waals surface area contributed by atoms with E-state index in [9.17, 15) is 19.5 Å². The lowest BCUT2D eigenvalue weighted by molar-refractivity contribution is -0.124. The van der Waals surface area contributed by atoms with Crippen LogP contribution in [0.2, 0.25) is 0 Å². The minimum Gasteiger partial charge on any atom is -0.478 e. The number of rotatable bonds is 8. The van der Waals surface area contributed by atoms with Gasteiger partial charge in [0.05, 0.1) is 18.4 Å². The quantitative estimate of drug-likeness (QED) is 0.443. The topological polar surface area (TPSA) is 161 Å². The second-order valence-corrected chi connectivity index (χ2v) is 9.76. The standard InChI is InChI=1S/C24H34N6O5/c1-24(2,3)35-23(34)29-20(15-7-5-4-6-8-15)21(31)27-9-10-30-14-16(11-28-30)17-12-26-13-18(19(17)25)22(32)33/h11-15,20H,4-10H2,1-3H3,(H2,25,26)(H,27,31)(H,29,34)(H,32,33)/t20-/m0/s1. The number of carbonyl (C=O) groups excluding carboxylic acids is 2. The molecule has 1 aliphatic rings. The largest absolute Gasteiger partial charge is 0.478 e. The molecule has 0 bridgehead atoms. The summed E-state index contributed by atoms with van der Waals surface area (Å²) in [4.78, 5) is 40.6. The summed E-state index contributed by atoms with van der Waals surface area (Å²) < 4.78 is 6.99. The van der Waals surface area contributed by atoms with E-state index in [1.807, 2.05) is 0 Å². The van der Waals surface area contributed by atoms with Crippen LogP contribution in [0.4, 0.5) is 10.5 Å². The van der Waals surface area contributed by atoms with Crippen molar-refractivity contribution >= 4 is 23.7 Å². The SMILES string of the molecule is CC(C)(C)OC(=O)N[C@H](C(=O)NCCn1cc(-c2cncc(C(=O)O)c2N)cn1)C1CCCCC1. The molecule has 1 saturated carbocycles. The fraction of sp³-hybridized carbons (Fsp3) is 0.542. The molecule has 1 atom stereocenters. The zero-order valence-electron chi connectivity index (χ0n) is 20.4. The fourth-order valence-corrected chi connectivity index (χ4v) is 4.20. The summed E-state index contributed by atoms with van der Waals surface area (Å²) in [7, 11) is 0. The Balaban J connectivity index is 1.61. The van der Waals surface area contributed by atoms with Gasteiger partial charge in [0.25, 0.3) is 0 Å². The third-order valence-electron chi connectivity index (χ3n) is 5.88. The average molecular weight is 487 g/mol. The number of amides is 2. The molecule has 11 heteroatoms. The van der Waals surface area contributed by atoms with Crippen LogP contribution in [0.25, 0.3) is 11.1 Å². The number of nitrogens with zero attached hydrogens (tertiary/aromatic N) is 3. The second-order valence-electron chi connectivity index (χ2n) is 9.76. The van der Waals surface area contributed by atoms with E-state index < -0.39 is 23.7 Å². The Labute approximate surface area is 204 Å². The molecule has 0 radical (unpaired) electrons. The Morgan fingerprint density at radius 2 is 1.91 bits per heavy atom. The smallest absolute Gasteiger partial charge is 0.408 e. The molecule has 5 N–H and O–H groups in total. The van der Waals surface area contributed by atoms with Gasteiger partial charge in [-0.05, 0) is 39.5 Å². The first kappa shape index (κ1) is 26.0. The molecule has 0 aromatic carbocycles. The van der Waals surface area contributed by atoms with E-state index in [1.54, 1.807) is 37.8 Å². The van der Waals surface area contributed by atoms with E-state index in [-0.39, 0.29) is 23.1 Å². The predicted molar refractivity (Wildman–Crippen MR) is 130 cm³/mol. The Kier molecular flexibility index (Phi) is 8.31. The van der Waals surface area contributed by atoms with Gasteiger partial charge in [0.2, 0.25) is 5.91 Å². The van der Waals surface area contributed by atoms with Gasteiger partial charge in [-0.15, -0.1) is 0 Å². The Hall–Kier alpha value is -3.63. The molecule has 35 heavy (non-hydrogen) atoms. The first-order valence-electron chi connectivity index (χ1n) is 11.8. The maximum Gasteiger partial charge on any atom is 0.408 e. The number of carboxylic acid groups (broad SMARTS) is 1. The molecular formula is C24H34N6O5. The number of nitrogen functional groups attached to an aromatic ring is 1. The average Bonchev–Trinajstić information content (AvgIpc) is 3.25. The van der Waals surface area contributed by atoms with Gasteiger partial charge in [0.1, 0.15) is 17.2 Å². The van der Waals surface area contributed by atoms with Gasteiger partial charge >= 0.3 is 12.1 Å². The van der Waals surface area contributed by atoms with E-state index in [2.05, 4.69) is 20.7 Å². The lowest BCUT2D eigenvalue weighted by Gasteiger charge is -2.31. The Morgan fingerprint density at radius 3 is 2.57 bits per heavy atom. The molecule has 0 unspecified atom stereocenters. The second kappa shape index (κ2) is 11.2. The number of alkyl carbamates (subject to hydrolysis) is 1. The van der Waals surface area contributed by atoms with Crippen LogP contribution in [0, 0.1) is 5.92 Å². The maximum atomic E-state index is 13.0. The van der Waals surface area contributed by atoms with Gasteiger partial charge in [0.15, 0.2) is 0 Å². The van der Waals surface area contributed by atoms with Crippen LogP contribution in [0.3, 0.4) is 0 Å². The van der Waals surface area contributed by atoms with Gasteiger partial charge in [-0.3, -0.25) is 14.5 Å². The first-order chi connectivity index (χ1) is 16.5. The molecule has 2 aromatic heterocycles. The molecule has 0 spiro atoms. The Bertz CT molecular complexity index is 1050. The van der Waals surface area contributed by atoms with Crippen LogP contribution in [0.1, 0.15) is 63.2 Å². The van der Waals surface area contributed by atoms with Crippen LogP contribution >= 0.6 is 0 Å². The summed E-state index contributed by atoms with van der Waals surface area (Å²) in [5.74, 6) is -1.35. The minimum atomic E-state index is -1.15. The zero-order chi connectivity index (χ0) is 25.6. The molecule has 11 nitrogen and oxygen atoms in total. The number of hydrogen-bond acceptors (Lipinski definition) is 7. The highest BCUT2D eigenvalue weighted by atomic mass is 16.6. The minimum absolute atomic E-state index is 0.0598. The lowest BCUT2D eigenvalue weighted by Crippen LogP contribution is -2.52. The van der Waals surface area contributed by atoms with E-state index in [4.69, 9.17) is 10.5 Å². The van der Waals surface area contributed by atoms with E-state index in [0.29, 0.717) is 24.2 Å². The van der Waals surface area contributed by atoms with Crippen LogP contribution in [-0.4, -0.2) is 56.0 Å². The lowest BCUT2D eigenvalue weighted by atomic mass is 9.83. The van der Waals surface area contributed by atoms with Crippen molar-refractivity contribution in [3.05, 3.63) is 30.4 Å². The number of aromatic nitrogens is 3. The molecule has 3 rings (SSSR count). The molecular weight excluding hydrogens is 452 g/mol. The molecule has 2 heterocycles. The molecule has 2 aromatic rings. The highest BCUT2D eigenvalue weighted by Crippen LogP contribution is 2.28. The summed E-state index contributed by atoms with van der Waals surface area (Å²) in [5, 5.41) is 19.2. The van der Waals surface area contributed by atoms with Gasteiger partial charge in [0, 0.05) is 36.3 Å². The van der Waals surface area contributed by atoms with E-state index in [1.165, 1.54) is 12.4 Å². The monoisotopic (exact) mass is 486 g/mol. The van der Waals surface area contributed by atoms with Crippen LogP contribution in [-0.2, 0) is 16.1 Å². The molecule has 1 aliphatic carbocycles. The number of hydrogen-bond donors (Lipinski definition) is 4. The number of nitrogens with one attached hydrogen (secondary N) is 2. The highest BCUT2D eigenvalue weighted by Gasteiger charge is 2.32. The summed E-state index contributed by atoms with van der Waals surface area (Å²) in [5.41, 5.74) is 6.47. The predicted octanol–water partition coefficient (Wildman–Crippen LogP) is 2.82. The molecule has 2 amide bonds. The van der Waals surface area contributed by atoms with Crippen molar-refractivity contribution in [2.24, 2.45) is 5.92 Å². The van der Waals surface area contributed by atoms with Crippen molar-refractivity contribution in [2.45, 2.75) is 71.1 Å². The number of aromatic carboxylic acids is 1. The molecule has 1 fully saturated rings. The van der Waals surface area contributed by atoms with Gasteiger partial charge in [-0.2, -0.15) is 5.10 Å². The number of anilines is 1. The number of ether oxygens (including phenoxy) is 1. The van der Waals surface area contributed by atoms with Gasteiger partial charge < -0.3 is 26.2 Å². The van der Waals surface area contributed by atoms with Crippen LogP contribution in [0.5, 0.6) is 0 Å². The summed E-state index contributed by atoms with van der Waals surface area (Å²) >= 11 is 0. The van der Waals surface area contributed by atoms with Crippen molar-refractivity contribution in [1.29, 1.82) is 0 Å². The van der Waals surface area contributed by atoms with Gasteiger partial charge in [-0.25, -0.2) is 9.59 Å². The zero-order valence-corrected chi connectivity index (χ0v) is 20.4. The van der Waals surface area contributed by atoms with Crippen LogP contribution < -0.4 is 16.4 Å². The van der Waals surface area contributed by atoms with Crippen molar-refractivity contribution in [3.8, 4) is 11.1 Å². The van der Waals surface area contributed by atoms with Crippen molar-refractivity contribution in [1.82, 2.24) is 25.4 Å². The van der Waals surface area contributed by atoms with Crippen molar-refractivity contribution in [3.63, 3.8) is 0 Å². The third-order valence-corrected chi connectivity index (χ3v) is 5.88. The summed E-state index contributed by atoms with van der Waals surface area (Å²) in [6, 6.07) is -0.664. The molecule has 0 saturated heterocycles. The van der Waals surface area contributed by atoms with E-state index >= 15 is 0 Å². The first-order valence-corrected chi connectivity index (χ1v) is 11.8. The number of carboxylic acids is 1. The number of carbonyl (C=O) groups is 3. The Morgan fingerprint density at radius 1 is 1.20 bits per heavy atom. The normalized spacial score (nSPS) is 15.3. The highest BCUT2D eigenvalue weighted by molar-refractivity contribution is 5.97. The van der Waals surface area contributed by atoms with Gasteiger partial charge in [-0.1, -0.05) is 19.3 Å². The van der Waals surface area contributed by atoms with Crippen molar-refractivity contribution < 1.29 is 24.2 Å².